The zero-order valence-electron chi connectivity index (χ0n) is 11.4. The second kappa shape index (κ2) is 6.66. The van der Waals surface area contributed by atoms with E-state index in [-0.39, 0.29) is 6.10 Å². The Morgan fingerprint density at radius 2 is 2.16 bits per heavy atom. The summed E-state index contributed by atoms with van der Waals surface area (Å²) in [5, 5.41) is 7.36. The van der Waals surface area contributed by atoms with Gasteiger partial charge in [0.05, 0.1) is 6.54 Å². The standard InChI is InChI=1S/C14H20ClN3O/c1-10(2)7-16-14-17-8-13(9-18-14)19-12-5-3-11(15)4-6-12/h3-6,10,13H,7-9H2,1-2H3,(H2,16,17,18)/p+1. The molecule has 0 amide bonds. The van der Waals surface area contributed by atoms with Crippen LogP contribution in [0.15, 0.2) is 24.3 Å². The monoisotopic (exact) mass is 282 g/mol. The van der Waals surface area contributed by atoms with Gasteiger partial charge in [0.2, 0.25) is 0 Å². The predicted octanol–water partition coefficient (Wildman–Crippen LogP) is 0.373. The highest BCUT2D eigenvalue weighted by Crippen LogP contribution is 2.16. The topological polar surface area (TPSA) is 47.3 Å². The van der Waals surface area contributed by atoms with Crippen LogP contribution in [0.5, 0.6) is 5.75 Å². The molecule has 2 rings (SSSR count). The number of guanidine groups is 1. The Bertz CT molecular complexity index is 431. The molecule has 5 heteroatoms. The van der Waals surface area contributed by atoms with Crippen molar-refractivity contribution in [3.63, 3.8) is 0 Å². The maximum atomic E-state index is 5.86. The van der Waals surface area contributed by atoms with Crippen LogP contribution in [0.3, 0.4) is 0 Å². The molecular formula is C14H21ClN3O+. The fourth-order valence-electron chi connectivity index (χ4n) is 1.79. The van der Waals surface area contributed by atoms with Crippen molar-refractivity contribution < 1.29 is 9.73 Å². The van der Waals surface area contributed by atoms with Crippen LogP contribution in [-0.2, 0) is 0 Å². The first kappa shape index (κ1) is 14.0. The smallest absolute Gasteiger partial charge is 0.343 e. The second-order valence-corrected chi connectivity index (χ2v) is 5.54. The summed E-state index contributed by atoms with van der Waals surface area (Å²) in [5.74, 6) is 2.46. The minimum absolute atomic E-state index is 0.116. The van der Waals surface area contributed by atoms with Gasteiger partial charge in [-0.15, -0.1) is 0 Å². The molecule has 0 fully saturated rings. The summed E-state index contributed by atoms with van der Waals surface area (Å²) in [7, 11) is 0. The number of hydrogen-bond donors (Lipinski definition) is 3. The van der Waals surface area contributed by atoms with E-state index < -0.39 is 0 Å². The van der Waals surface area contributed by atoms with Crippen molar-refractivity contribution in [3.05, 3.63) is 29.3 Å². The van der Waals surface area contributed by atoms with Gasteiger partial charge in [-0.25, -0.2) is 0 Å². The fraction of sp³-hybridized carbons (Fsp3) is 0.500. The van der Waals surface area contributed by atoms with Gasteiger partial charge in [-0.2, -0.15) is 0 Å². The Hall–Kier alpha value is -1.42. The summed E-state index contributed by atoms with van der Waals surface area (Å²) in [4.78, 5) is 3.30. The van der Waals surface area contributed by atoms with E-state index in [0.717, 1.165) is 36.4 Å². The summed E-state index contributed by atoms with van der Waals surface area (Å²) in [5.41, 5.74) is 0. The van der Waals surface area contributed by atoms with E-state index in [1.165, 1.54) is 0 Å². The summed E-state index contributed by atoms with van der Waals surface area (Å²) < 4.78 is 5.86. The molecule has 1 unspecified atom stereocenters. The number of rotatable bonds is 4. The molecule has 0 aliphatic carbocycles. The molecule has 1 aliphatic rings. The molecule has 0 saturated heterocycles. The lowest BCUT2D eigenvalue weighted by Crippen LogP contribution is -2.86. The summed E-state index contributed by atoms with van der Waals surface area (Å²) >= 11 is 5.84. The van der Waals surface area contributed by atoms with E-state index >= 15 is 0 Å². The molecule has 0 radical (unpaired) electrons. The van der Waals surface area contributed by atoms with Crippen LogP contribution in [-0.4, -0.2) is 31.7 Å². The Morgan fingerprint density at radius 3 is 2.74 bits per heavy atom. The summed E-state index contributed by atoms with van der Waals surface area (Å²) in [6.45, 7) is 6.90. The van der Waals surface area contributed by atoms with Crippen molar-refractivity contribution in [1.29, 1.82) is 0 Å². The largest absolute Gasteiger partial charge is 0.484 e. The van der Waals surface area contributed by atoms with E-state index in [1.54, 1.807) is 0 Å². The number of halogens is 1. The molecule has 1 aliphatic heterocycles. The van der Waals surface area contributed by atoms with Gasteiger partial charge in [0.15, 0.2) is 6.10 Å². The molecule has 3 N–H and O–H groups in total. The van der Waals surface area contributed by atoms with Gasteiger partial charge in [-0.3, -0.25) is 15.6 Å². The van der Waals surface area contributed by atoms with E-state index in [0.29, 0.717) is 5.92 Å². The Kier molecular flexibility index (Phi) is 4.91. The van der Waals surface area contributed by atoms with Crippen LogP contribution in [0, 0.1) is 5.92 Å². The average Bonchev–Trinajstić information content (AvgIpc) is 2.40. The third-order valence-corrected chi connectivity index (χ3v) is 3.07. The Balaban J connectivity index is 1.81. The van der Waals surface area contributed by atoms with Crippen molar-refractivity contribution in [2.75, 3.05) is 19.6 Å². The molecule has 4 nitrogen and oxygen atoms in total. The molecular weight excluding hydrogens is 262 g/mol. The molecule has 0 saturated carbocycles. The van der Waals surface area contributed by atoms with Crippen molar-refractivity contribution in [3.8, 4) is 5.75 Å². The molecule has 1 aromatic rings. The van der Waals surface area contributed by atoms with Gasteiger partial charge in [-0.1, -0.05) is 25.4 Å². The summed E-state index contributed by atoms with van der Waals surface area (Å²) in [6.07, 6.45) is 0.116. The highest BCUT2D eigenvalue weighted by molar-refractivity contribution is 6.30. The van der Waals surface area contributed by atoms with E-state index in [1.807, 2.05) is 24.3 Å². The van der Waals surface area contributed by atoms with Gasteiger partial charge in [0.25, 0.3) is 0 Å². The molecule has 0 bridgehead atoms. The minimum atomic E-state index is 0.116. The lowest BCUT2D eigenvalue weighted by atomic mass is 10.2. The Labute approximate surface area is 119 Å². The quantitative estimate of drug-likeness (QED) is 0.748. The predicted molar refractivity (Wildman–Crippen MR) is 77.5 cm³/mol. The Morgan fingerprint density at radius 1 is 1.42 bits per heavy atom. The number of ether oxygens (including phenoxy) is 1. The highest BCUT2D eigenvalue weighted by atomic mass is 35.5. The molecule has 19 heavy (non-hydrogen) atoms. The molecule has 1 atom stereocenters. The van der Waals surface area contributed by atoms with Crippen molar-refractivity contribution in [1.82, 2.24) is 10.6 Å². The lowest BCUT2D eigenvalue weighted by molar-refractivity contribution is -0.477. The average molecular weight is 283 g/mol. The van der Waals surface area contributed by atoms with Crippen molar-refractivity contribution in [2.24, 2.45) is 5.92 Å². The molecule has 0 aromatic heterocycles. The van der Waals surface area contributed by atoms with Gasteiger partial charge >= 0.3 is 5.96 Å². The highest BCUT2D eigenvalue weighted by Gasteiger charge is 2.20. The number of nitrogens with one attached hydrogen (secondary N) is 3. The third-order valence-electron chi connectivity index (χ3n) is 2.82. The van der Waals surface area contributed by atoms with Crippen molar-refractivity contribution in [2.45, 2.75) is 20.0 Å². The zero-order valence-corrected chi connectivity index (χ0v) is 12.1. The van der Waals surface area contributed by atoms with Crippen LogP contribution in [0.4, 0.5) is 0 Å². The molecule has 0 spiro atoms. The van der Waals surface area contributed by atoms with Gasteiger partial charge < -0.3 is 4.74 Å². The minimum Gasteiger partial charge on any atom is -0.484 e. The molecule has 1 heterocycles. The van der Waals surface area contributed by atoms with Crippen LogP contribution in [0.2, 0.25) is 5.02 Å². The number of hydrogen-bond acceptors (Lipinski definition) is 3. The van der Waals surface area contributed by atoms with E-state index in [4.69, 9.17) is 16.3 Å². The van der Waals surface area contributed by atoms with Gasteiger partial charge in [0, 0.05) is 5.02 Å². The van der Waals surface area contributed by atoms with Crippen LogP contribution in [0.1, 0.15) is 13.8 Å². The first-order valence-electron chi connectivity index (χ1n) is 6.64. The molecule has 1 aromatic carbocycles. The maximum absolute atomic E-state index is 5.86. The SMILES string of the molecule is CC(C)CNC1=[NH+]CC(Oc2ccc(Cl)cc2)CN1. The van der Waals surface area contributed by atoms with E-state index in [9.17, 15) is 0 Å². The van der Waals surface area contributed by atoms with Gasteiger partial charge in [-0.05, 0) is 30.2 Å². The molecule has 104 valence electrons. The fourth-order valence-corrected chi connectivity index (χ4v) is 1.91. The normalized spacial score (nSPS) is 18.7. The maximum Gasteiger partial charge on any atom is 0.343 e. The lowest BCUT2D eigenvalue weighted by Gasteiger charge is -2.21. The van der Waals surface area contributed by atoms with Crippen molar-refractivity contribution >= 4 is 17.6 Å². The summed E-state index contributed by atoms with van der Waals surface area (Å²) in [6, 6.07) is 7.45. The number of benzene rings is 1. The third kappa shape index (κ3) is 4.63. The first-order chi connectivity index (χ1) is 9.13. The van der Waals surface area contributed by atoms with Crippen LogP contribution >= 0.6 is 11.6 Å². The van der Waals surface area contributed by atoms with Crippen LogP contribution in [0.25, 0.3) is 0 Å². The second-order valence-electron chi connectivity index (χ2n) is 5.11. The zero-order chi connectivity index (χ0) is 13.7. The van der Waals surface area contributed by atoms with Gasteiger partial charge in [0.1, 0.15) is 18.8 Å². The van der Waals surface area contributed by atoms with Crippen LogP contribution < -0.4 is 20.4 Å². The first-order valence-corrected chi connectivity index (χ1v) is 7.02. The van der Waals surface area contributed by atoms with E-state index in [2.05, 4.69) is 29.5 Å².